The molecule has 1 aromatic rings. The summed E-state index contributed by atoms with van der Waals surface area (Å²) in [5.74, 6) is -1.63. The summed E-state index contributed by atoms with van der Waals surface area (Å²) in [6, 6.07) is 5.49. The summed E-state index contributed by atoms with van der Waals surface area (Å²) >= 11 is 0. The van der Waals surface area contributed by atoms with Gasteiger partial charge in [0.25, 0.3) is 0 Å². The van der Waals surface area contributed by atoms with Crippen LogP contribution in [0.5, 0.6) is 0 Å². The molecule has 0 saturated carbocycles. The van der Waals surface area contributed by atoms with Gasteiger partial charge in [-0.3, -0.25) is 9.59 Å². The first kappa shape index (κ1) is 17.1. The van der Waals surface area contributed by atoms with E-state index in [4.69, 9.17) is 9.84 Å². The molecule has 8 heteroatoms. The number of ether oxygens (including phenoxy) is 1. The summed E-state index contributed by atoms with van der Waals surface area (Å²) in [5.41, 5.74) is 0.495. The molecular weight excluding hydrogens is 298 g/mol. The van der Waals surface area contributed by atoms with E-state index in [9.17, 15) is 18.0 Å². The van der Waals surface area contributed by atoms with E-state index in [1.807, 2.05) is 0 Å². The summed E-state index contributed by atoms with van der Waals surface area (Å²) in [7, 11) is -2.54. The molecule has 116 valence electrons. The highest BCUT2D eigenvalue weighted by molar-refractivity contribution is 7.89. The molecule has 0 heterocycles. The van der Waals surface area contributed by atoms with Crippen molar-refractivity contribution in [3.05, 3.63) is 29.8 Å². The van der Waals surface area contributed by atoms with E-state index in [0.717, 1.165) is 4.31 Å². The molecule has 1 rings (SSSR count). The van der Waals surface area contributed by atoms with Crippen molar-refractivity contribution in [2.24, 2.45) is 0 Å². The third kappa shape index (κ3) is 4.83. The number of carbonyl (C=O) groups is 2. The predicted molar refractivity (Wildman–Crippen MR) is 74.2 cm³/mol. The lowest BCUT2D eigenvalue weighted by Gasteiger charge is -2.16. The molecule has 0 aliphatic carbocycles. The maximum atomic E-state index is 12.2. The molecule has 21 heavy (non-hydrogen) atoms. The zero-order valence-corrected chi connectivity index (χ0v) is 12.6. The molecule has 0 spiro atoms. The number of likely N-dealkylation sites (N-methyl/N-ethyl adjacent to an activating group) is 1. The molecule has 1 N–H and O–H groups in total. The third-order valence-electron chi connectivity index (χ3n) is 2.64. The number of hydrogen-bond donors (Lipinski definition) is 1. The zero-order valence-electron chi connectivity index (χ0n) is 11.8. The van der Waals surface area contributed by atoms with E-state index in [1.54, 1.807) is 6.92 Å². The fourth-order valence-corrected chi connectivity index (χ4v) is 2.72. The number of benzene rings is 1. The monoisotopic (exact) mass is 315 g/mol. The van der Waals surface area contributed by atoms with E-state index < -0.39 is 22.0 Å². The van der Waals surface area contributed by atoms with Gasteiger partial charge in [-0.25, -0.2) is 8.42 Å². The van der Waals surface area contributed by atoms with Crippen LogP contribution in [-0.4, -0.2) is 50.0 Å². The van der Waals surface area contributed by atoms with Gasteiger partial charge in [-0.05, 0) is 24.6 Å². The molecule has 0 aliphatic rings. The zero-order chi connectivity index (χ0) is 16.0. The number of esters is 1. The Kier molecular flexibility index (Phi) is 5.86. The van der Waals surface area contributed by atoms with E-state index >= 15 is 0 Å². The van der Waals surface area contributed by atoms with Crippen LogP contribution in [0.1, 0.15) is 12.5 Å². The van der Waals surface area contributed by atoms with Gasteiger partial charge in [0.15, 0.2) is 0 Å². The predicted octanol–water partition coefficient (Wildman–Crippen LogP) is 0.497. The van der Waals surface area contributed by atoms with Crippen molar-refractivity contribution in [3.8, 4) is 0 Å². The molecule has 0 bridgehead atoms. The molecular formula is C13H17NO6S. The molecule has 0 atom stereocenters. The van der Waals surface area contributed by atoms with E-state index in [2.05, 4.69) is 0 Å². The minimum absolute atomic E-state index is 0.0107. The van der Waals surface area contributed by atoms with Crippen LogP contribution in [0, 0.1) is 0 Å². The first-order valence-electron chi connectivity index (χ1n) is 6.20. The molecule has 0 aromatic heterocycles. The van der Waals surface area contributed by atoms with Crippen molar-refractivity contribution in [1.82, 2.24) is 4.31 Å². The number of carboxylic acids is 1. The SMILES string of the molecule is CCOC(=O)CN(C)S(=O)(=O)c1ccc(CC(=O)O)cc1. The Hall–Kier alpha value is -1.93. The van der Waals surface area contributed by atoms with Crippen LogP contribution in [0.25, 0.3) is 0 Å². The number of hydrogen-bond acceptors (Lipinski definition) is 5. The van der Waals surface area contributed by atoms with E-state index in [-0.39, 0.29) is 24.5 Å². The van der Waals surface area contributed by atoms with Crippen molar-refractivity contribution < 1.29 is 27.9 Å². The summed E-state index contributed by atoms with van der Waals surface area (Å²) in [6.45, 7) is 1.43. The number of aliphatic carboxylic acids is 1. The Labute approximate surface area is 123 Å². The Morgan fingerprint density at radius 1 is 1.24 bits per heavy atom. The lowest BCUT2D eigenvalue weighted by molar-refractivity contribution is -0.143. The van der Waals surface area contributed by atoms with Crippen LogP contribution in [0.3, 0.4) is 0 Å². The van der Waals surface area contributed by atoms with Gasteiger partial charge in [-0.1, -0.05) is 12.1 Å². The Bertz CT molecular complexity index is 608. The van der Waals surface area contributed by atoms with Gasteiger partial charge in [0, 0.05) is 7.05 Å². The summed E-state index contributed by atoms with van der Waals surface area (Å²) < 4.78 is 30.0. The topological polar surface area (TPSA) is 101 Å². The van der Waals surface area contributed by atoms with Crippen molar-refractivity contribution in [2.75, 3.05) is 20.2 Å². The Morgan fingerprint density at radius 2 is 1.81 bits per heavy atom. The van der Waals surface area contributed by atoms with Crippen LogP contribution in [0.4, 0.5) is 0 Å². The minimum Gasteiger partial charge on any atom is -0.481 e. The van der Waals surface area contributed by atoms with Gasteiger partial charge in [0.05, 0.1) is 17.9 Å². The highest BCUT2D eigenvalue weighted by Crippen LogP contribution is 2.15. The molecule has 0 saturated heterocycles. The summed E-state index contributed by atoms with van der Waals surface area (Å²) in [6.07, 6.45) is -0.182. The first-order valence-corrected chi connectivity index (χ1v) is 7.64. The molecule has 0 radical (unpaired) electrons. The largest absolute Gasteiger partial charge is 0.481 e. The standard InChI is InChI=1S/C13H17NO6S/c1-3-20-13(17)9-14(2)21(18,19)11-6-4-10(5-7-11)8-12(15)16/h4-7H,3,8-9H2,1-2H3,(H,15,16). The molecule has 0 fully saturated rings. The van der Waals surface area contributed by atoms with Gasteiger partial charge in [0.2, 0.25) is 10.0 Å². The normalized spacial score (nSPS) is 11.4. The molecule has 0 unspecified atom stereocenters. The van der Waals surface area contributed by atoms with E-state index in [0.29, 0.717) is 5.56 Å². The van der Waals surface area contributed by atoms with Crippen molar-refractivity contribution in [2.45, 2.75) is 18.2 Å². The van der Waals surface area contributed by atoms with Gasteiger partial charge in [0.1, 0.15) is 6.54 Å². The number of carbonyl (C=O) groups excluding carboxylic acids is 1. The second-order valence-corrected chi connectivity index (χ2v) is 6.33. The van der Waals surface area contributed by atoms with Crippen LogP contribution < -0.4 is 0 Å². The Balaban J connectivity index is 2.86. The van der Waals surface area contributed by atoms with Crippen LogP contribution >= 0.6 is 0 Å². The average Bonchev–Trinajstić information content (AvgIpc) is 2.38. The fourth-order valence-electron chi connectivity index (χ4n) is 1.61. The second-order valence-electron chi connectivity index (χ2n) is 4.28. The van der Waals surface area contributed by atoms with Gasteiger partial charge in [-0.15, -0.1) is 0 Å². The van der Waals surface area contributed by atoms with Crippen LogP contribution in [-0.2, 0) is 30.8 Å². The Morgan fingerprint density at radius 3 is 2.29 bits per heavy atom. The number of sulfonamides is 1. The number of rotatable bonds is 7. The van der Waals surface area contributed by atoms with Gasteiger partial charge in [-0.2, -0.15) is 4.31 Å². The minimum atomic E-state index is -3.81. The highest BCUT2D eigenvalue weighted by Gasteiger charge is 2.23. The summed E-state index contributed by atoms with van der Waals surface area (Å²) in [5, 5.41) is 8.66. The molecule has 7 nitrogen and oxygen atoms in total. The first-order chi connectivity index (χ1) is 9.77. The van der Waals surface area contributed by atoms with Crippen LogP contribution in [0.15, 0.2) is 29.2 Å². The quantitative estimate of drug-likeness (QED) is 0.735. The van der Waals surface area contributed by atoms with Crippen LogP contribution in [0.2, 0.25) is 0 Å². The van der Waals surface area contributed by atoms with Crippen molar-refractivity contribution in [3.63, 3.8) is 0 Å². The molecule has 1 aromatic carbocycles. The fraction of sp³-hybridized carbons (Fsp3) is 0.385. The van der Waals surface area contributed by atoms with E-state index in [1.165, 1.54) is 31.3 Å². The van der Waals surface area contributed by atoms with Crippen molar-refractivity contribution >= 4 is 22.0 Å². The number of nitrogens with zero attached hydrogens (tertiary/aromatic N) is 1. The smallest absolute Gasteiger partial charge is 0.321 e. The highest BCUT2D eigenvalue weighted by atomic mass is 32.2. The molecule has 0 amide bonds. The van der Waals surface area contributed by atoms with Gasteiger partial charge < -0.3 is 9.84 Å². The summed E-state index contributed by atoms with van der Waals surface area (Å²) in [4.78, 5) is 21.9. The second kappa shape index (κ2) is 7.19. The third-order valence-corrected chi connectivity index (χ3v) is 4.46. The lowest BCUT2D eigenvalue weighted by Crippen LogP contribution is -2.33. The lowest BCUT2D eigenvalue weighted by atomic mass is 10.2. The van der Waals surface area contributed by atoms with Gasteiger partial charge >= 0.3 is 11.9 Å². The maximum absolute atomic E-state index is 12.2. The number of carboxylic acid groups (broad SMARTS) is 1. The van der Waals surface area contributed by atoms with Crippen molar-refractivity contribution in [1.29, 1.82) is 0 Å². The maximum Gasteiger partial charge on any atom is 0.321 e. The molecule has 0 aliphatic heterocycles. The average molecular weight is 315 g/mol.